The van der Waals surface area contributed by atoms with Crippen molar-refractivity contribution in [2.24, 2.45) is 0 Å². The lowest BCUT2D eigenvalue weighted by Crippen LogP contribution is -2.27. The second-order valence-electron chi connectivity index (χ2n) is 6.00. The van der Waals surface area contributed by atoms with Crippen LogP contribution >= 0.6 is 0 Å². The summed E-state index contributed by atoms with van der Waals surface area (Å²) >= 11 is 0. The Morgan fingerprint density at radius 2 is 1.83 bits per heavy atom. The summed E-state index contributed by atoms with van der Waals surface area (Å²) in [6, 6.07) is 14.2. The summed E-state index contributed by atoms with van der Waals surface area (Å²) in [4.78, 5) is 12.2. The number of methoxy groups -OCH3 is 1. The highest BCUT2D eigenvalue weighted by Crippen LogP contribution is 2.19. The van der Waals surface area contributed by atoms with Crippen LogP contribution in [0.2, 0.25) is 0 Å². The summed E-state index contributed by atoms with van der Waals surface area (Å²) in [5.41, 5.74) is 4.74. The van der Waals surface area contributed by atoms with E-state index in [1.54, 1.807) is 7.11 Å². The van der Waals surface area contributed by atoms with E-state index in [2.05, 4.69) is 37.4 Å². The molecule has 1 atom stereocenters. The number of ether oxygens (including phenoxy) is 1. The monoisotopic (exact) mass is 311 g/mol. The van der Waals surface area contributed by atoms with E-state index in [9.17, 15) is 4.79 Å². The van der Waals surface area contributed by atoms with Crippen LogP contribution in [-0.2, 0) is 11.2 Å². The number of nitrogens with one attached hydrogen (secondary N) is 1. The van der Waals surface area contributed by atoms with Crippen molar-refractivity contribution >= 4 is 5.91 Å². The average Bonchev–Trinajstić information content (AvgIpc) is 2.55. The standard InChI is InChI=1S/C20H25NO2/c1-14-5-6-15(2)19(13-14)16(3)21-20(22)12-9-17-7-10-18(23-4)11-8-17/h5-8,10-11,13,16H,9,12H2,1-4H3,(H,21,22)/t16-/m0/s1. The third kappa shape index (κ3) is 4.85. The number of benzene rings is 2. The van der Waals surface area contributed by atoms with Gasteiger partial charge in [0.2, 0.25) is 5.91 Å². The van der Waals surface area contributed by atoms with Crippen LogP contribution in [0.15, 0.2) is 42.5 Å². The SMILES string of the molecule is COc1ccc(CCC(=O)N[C@@H](C)c2cc(C)ccc2C)cc1. The summed E-state index contributed by atoms with van der Waals surface area (Å²) < 4.78 is 5.14. The molecule has 0 aromatic heterocycles. The number of amides is 1. The van der Waals surface area contributed by atoms with Crippen LogP contribution in [0, 0.1) is 13.8 Å². The Morgan fingerprint density at radius 1 is 1.13 bits per heavy atom. The highest BCUT2D eigenvalue weighted by Gasteiger charge is 2.12. The van der Waals surface area contributed by atoms with E-state index < -0.39 is 0 Å². The van der Waals surface area contributed by atoms with Gasteiger partial charge in [0, 0.05) is 6.42 Å². The van der Waals surface area contributed by atoms with E-state index in [-0.39, 0.29) is 11.9 Å². The lowest BCUT2D eigenvalue weighted by molar-refractivity contribution is -0.121. The maximum Gasteiger partial charge on any atom is 0.220 e. The second-order valence-corrected chi connectivity index (χ2v) is 6.00. The summed E-state index contributed by atoms with van der Waals surface area (Å²) in [5.74, 6) is 0.913. The first kappa shape index (κ1) is 17.1. The summed E-state index contributed by atoms with van der Waals surface area (Å²) in [7, 11) is 1.65. The molecule has 2 rings (SSSR count). The van der Waals surface area contributed by atoms with E-state index in [0.29, 0.717) is 6.42 Å². The molecule has 122 valence electrons. The number of hydrogen-bond donors (Lipinski definition) is 1. The van der Waals surface area contributed by atoms with Crippen molar-refractivity contribution in [3.63, 3.8) is 0 Å². The molecule has 0 spiro atoms. The van der Waals surface area contributed by atoms with Gasteiger partial charge in [-0.15, -0.1) is 0 Å². The van der Waals surface area contributed by atoms with E-state index in [1.165, 1.54) is 16.7 Å². The number of carbonyl (C=O) groups is 1. The third-order valence-electron chi connectivity index (χ3n) is 4.08. The zero-order chi connectivity index (χ0) is 16.8. The first-order chi connectivity index (χ1) is 11.0. The lowest BCUT2D eigenvalue weighted by atomic mass is 10.00. The molecule has 0 saturated heterocycles. The van der Waals surface area contributed by atoms with Crippen molar-refractivity contribution in [2.45, 2.75) is 39.7 Å². The summed E-state index contributed by atoms with van der Waals surface area (Å²) in [6.45, 7) is 6.18. The number of aryl methyl sites for hydroxylation is 3. The molecule has 0 aliphatic heterocycles. The van der Waals surface area contributed by atoms with Crippen LogP contribution in [0.4, 0.5) is 0 Å². The first-order valence-corrected chi connectivity index (χ1v) is 7.99. The molecule has 0 unspecified atom stereocenters. The van der Waals surface area contributed by atoms with E-state index in [1.807, 2.05) is 31.2 Å². The highest BCUT2D eigenvalue weighted by molar-refractivity contribution is 5.76. The van der Waals surface area contributed by atoms with Gasteiger partial charge in [-0.2, -0.15) is 0 Å². The minimum atomic E-state index is 0.0262. The van der Waals surface area contributed by atoms with Gasteiger partial charge in [0.25, 0.3) is 0 Å². The average molecular weight is 311 g/mol. The van der Waals surface area contributed by atoms with Gasteiger partial charge >= 0.3 is 0 Å². The molecule has 0 bridgehead atoms. The molecule has 23 heavy (non-hydrogen) atoms. The second kappa shape index (κ2) is 7.82. The molecule has 1 amide bonds. The number of rotatable bonds is 6. The fourth-order valence-electron chi connectivity index (χ4n) is 2.67. The van der Waals surface area contributed by atoms with Crippen LogP contribution in [0.5, 0.6) is 5.75 Å². The van der Waals surface area contributed by atoms with Crippen LogP contribution in [0.3, 0.4) is 0 Å². The van der Waals surface area contributed by atoms with Crippen molar-refractivity contribution < 1.29 is 9.53 Å². The van der Waals surface area contributed by atoms with Crippen LogP contribution in [0.25, 0.3) is 0 Å². The molecular weight excluding hydrogens is 286 g/mol. The Balaban J connectivity index is 1.89. The maximum atomic E-state index is 12.2. The van der Waals surface area contributed by atoms with Gasteiger partial charge in [-0.25, -0.2) is 0 Å². The zero-order valence-corrected chi connectivity index (χ0v) is 14.3. The largest absolute Gasteiger partial charge is 0.497 e. The fourth-order valence-corrected chi connectivity index (χ4v) is 2.67. The maximum absolute atomic E-state index is 12.2. The van der Waals surface area contributed by atoms with Gasteiger partial charge in [-0.1, -0.05) is 35.9 Å². The fraction of sp³-hybridized carbons (Fsp3) is 0.350. The van der Waals surface area contributed by atoms with Crippen LogP contribution in [-0.4, -0.2) is 13.0 Å². The molecule has 3 heteroatoms. The molecule has 0 radical (unpaired) electrons. The molecule has 2 aromatic rings. The Kier molecular flexibility index (Phi) is 5.80. The molecule has 0 aliphatic rings. The third-order valence-corrected chi connectivity index (χ3v) is 4.08. The Morgan fingerprint density at radius 3 is 2.48 bits per heavy atom. The van der Waals surface area contributed by atoms with Crippen molar-refractivity contribution in [3.8, 4) is 5.75 Å². The lowest BCUT2D eigenvalue weighted by Gasteiger charge is -2.17. The minimum absolute atomic E-state index is 0.0262. The molecule has 0 saturated carbocycles. The predicted octanol–water partition coefficient (Wildman–Crippen LogP) is 4.12. The van der Waals surface area contributed by atoms with Gasteiger partial charge in [0.15, 0.2) is 0 Å². The molecule has 2 aromatic carbocycles. The van der Waals surface area contributed by atoms with Gasteiger partial charge in [-0.05, 0) is 56.0 Å². The zero-order valence-electron chi connectivity index (χ0n) is 14.3. The number of carbonyl (C=O) groups excluding carboxylic acids is 1. The van der Waals surface area contributed by atoms with E-state index in [0.717, 1.165) is 17.7 Å². The van der Waals surface area contributed by atoms with Crippen molar-refractivity contribution in [2.75, 3.05) is 7.11 Å². The van der Waals surface area contributed by atoms with Gasteiger partial charge in [-0.3, -0.25) is 4.79 Å². The van der Waals surface area contributed by atoms with Gasteiger partial charge in [0.05, 0.1) is 13.2 Å². The van der Waals surface area contributed by atoms with E-state index in [4.69, 9.17) is 4.74 Å². The Hall–Kier alpha value is -2.29. The first-order valence-electron chi connectivity index (χ1n) is 7.99. The van der Waals surface area contributed by atoms with Crippen molar-refractivity contribution in [1.29, 1.82) is 0 Å². The van der Waals surface area contributed by atoms with Crippen LogP contribution in [0.1, 0.15) is 41.6 Å². The van der Waals surface area contributed by atoms with Crippen molar-refractivity contribution in [3.05, 3.63) is 64.7 Å². The molecule has 0 aliphatic carbocycles. The van der Waals surface area contributed by atoms with E-state index >= 15 is 0 Å². The molecule has 0 heterocycles. The minimum Gasteiger partial charge on any atom is -0.497 e. The van der Waals surface area contributed by atoms with Crippen molar-refractivity contribution in [1.82, 2.24) is 5.32 Å². The topological polar surface area (TPSA) is 38.3 Å². The predicted molar refractivity (Wildman–Crippen MR) is 93.8 cm³/mol. The van der Waals surface area contributed by atoms with Crippen LogP contribution < -0.4 is 10.1 Å². The number of hydrogen-bond acceptors (Lipinski definition) is 2. The molecular formula is C20H25NO2. The highest BCUT2D eigenvalue weighted by atomic mass is 16.5. The summed E-state index contributed by atoms with van der Waals surface area (Å²) in [5, 5.41) is 3.09. The molecule has 1 N–H and O–H groups in total. The van der Waals surface area contributed by atoms with Gasteiger partial charge < -0.3 is 10.1 Å². The Labute approximate surface area is 138 Å². The summed E-state index contributed by atoms with van der Waals surface area (Å²) in [6.07, 6.45) is 1.22. The molecule has 3 nitrogen and oxygen atoms in total. The Bertz CT molecular complexity index is 662. The quantitative estimate of drug-likeness (QED) is 0.871. The normalized spacial score (nSPS) is 11.8. The smallest absolute Gasteiger partial charge is 0.220 e. The van der Waals surface area contributed by atoms with Gasteiger partial charge in [0.1, 0.15) is 5.75 Å². The molecule has 0 fully saturated rings.